The summed E-state index contributed by atoms with van der Waals surface area (Å²) in [6, 6.07) is 15.8. The van der Waals surface area contributed by atoms with Gasteiger partial charge in [0.25, 0.3) is 0 Å². The quantitative estimate of drug-likeness (QED) is 0.602. The topological polar surface area (TPSA) is 25.8 Å². The summed E-state index contributed by atoms with van der Waals surface area (Å²) in [6.45, 7) is 0. The molecule has 0 saturated carbocycles. The Kier molecular flexibility index (Phi) is 3.86. The number of hydrogen-bond acceptors (Lipinski definition) is 2. The van der Waals surface area contributed by atoms with Gasteiger partial charge in [-0.05, 0) is 12.1 Å². The van der Waals surface area contributed by atoms with E-state index in [2.05, 4.69) is 9.97 Å². The zero-order valence-electron chi connectivity index (χ0n) is 10.7. The van der Waals surface area contributed by atoms with Gasteiger partial charge in [0.1, 0.15) is 5.15 Å². The fraction of sp³-hybridized carbons (Fsp3) is 0. The molecule has 21 heavy (non-hydrogen) atoms. The number of benzene rings is 2. The van der Waals surface area contributed by atoms with Crippen LogP contribution in [0.5, 0.6) is 0 Å². The molecule has 0 bridgehead atoms. The summed E-state index contributed by atoms with van der Waals surface area (Å²) in [4.78, 5) is 8.47. The van der Waals surface area contributed by atoms with E-state index in [-0.39, 0.29) is 21.6 Å². The Hall–Kier alpha value is -1.97. The van der Waals surface area contributed by atoms with Crippen LogP contribution in [0, 0.1) is 5.82 Å². The standard InChI is InChI=1S/C16H9Cl2FN2/c17-12-8-4-7-11(15(12)19)16-20-13(9-14(18)21-16)10-5-2-1-3-6-10/h1-9H. The lowest BCUT2D eigenvalue weighted by Gasteiger charge is -2.07. The molecule has 0 amide bonds. The van der Waals surface area contributed by atoms with Crippen molar-refractivity contribution in [3.63, 3.8) is 0 Å². The smallest absolute Gasteiger partial charge is 0.164 e. The summed E-state index contributed by atoms with van der Waals surface area (Å²) < 4.78 is 14.1. The molecule has 104 valence electrons. The second-order valence-electron chi connectivity index (χ2n) is 4.37. The fourth-order valence-electron chi connectivity index (χ4n) is 1.97. The first-order valence-corrected chi connectivity index (χ1v) is 6.95. The fourth-order valence-corrected chi connectivity index (χ4v) is 2.33. The van der Waals surface area contributed by atoms with Crippen molar-refractivity contribution in [2.45, 2.75) is 0 Å². The molecule has 0 unspecified atom stereocenters. The maximum Gasteiger partial charge on any atom is 0.164 e. The van der Waals surface area contributed by atoms with Crippen LogP contribution in [0.2, 0.25) is 10.2 Å². The van der Waals surface area contributed by atoms with E-state index in [1.54, 1.807) is 18.2 Å². The third-order valence-electron chi connectivity index (χ3n) is 2.96. The molecule has 0 fully saturated rings. The summed E-state index contributed by atoms with van der Waals surface area (Å²) >= 11 is 11.8. The normalized spacial score (nSPS) is 10.6. The highest BCUT2D eigenvalue weighted by Gasteiger charge is 2.13. The summed E-state index contributed by atoms with van der Waals surface area (Å²) in [5.41, 5.74) is 1.73. The van der Waals surface area contributed by atoms with Gasteiger partial charge in [-0.3, -0.25) is 0 Å². The van der Waals surface area contributed by atoms with Crippen molar-refractivity contribution in [2.24, 2.45) is 0 Å². The molecule has 0 radical (unpaired) electrons. The molecule has 0 aliphatic carbocycles. The SMILES string of the molecule is Fc1c(Cl)cccc1-c1nc(Cl)cc(-c2ccccc2)n1. The van der Waals surface area contributed by atoms with E-state index in [4.69, 9.17) is 23.2 Å². The van der Waals surface area contributed by atoms with Crippen molar-refractivity contribution < 1.29 is 4.39 Å². The zero-order valence-corrected chi connectivity index (χ0v) is 12.2. The molecule has 0 aliphatic rings. The molecular weight excluding hydrogens is 310 g/mol. The average Bonchev–Trinajstić information content (AvgIpc) is 2.50. The molecule has 1 heterocycles. The Morgan fingerprint density at radius 1 is 0.857 bits per heavy atom. The minimum atomic E-state index is -0.555. The van der Waals surface area contributed by atoms with Crippen LogP contribution in [0.3, 0.4) is 0 Å². The molecule has 0 atom stereocenters. The van der Waals surface area contributed by atoms with Gasteiger partial charge < -0.3 is 0 Å². The lowest BCUT2D eigenvalue weighted by molar-refractivity contribution is 0.630. The lowest BCUT2D eigenvalue weighted by Crippen LogP contribution is -1.95. The van der Waals surface area contributed by atoms with E-state index in [0.29, 0.717) is 5.69 Å². The summed E-state index contributed by atoms with van der Waals surface area (Å²) in [5.74, 6) is -0.346. The molecule has 3 rings (SSSR count). The number of halogens is 3. The molecular formula is C16H9Cl2FN2. The zero-order chi connectivity index (χ0) is 14.8. The first-order chi connectivity index (χ1) is 10.1. The molecule has 5 heteroatoms. The van der Waals surface area contributed by atoms with Crippen LogP contribution in [0.4, 0.5) is 4.39 Å². The molecule has 2 nitrogen and oxygen atoms in total. The van der Waals surface area contributed by atoms with Gasteiger partial charge in [-0.15, -0.1) is 0 Å². The first kappa shape index (κ1) is 14.0. The van der Waals surface area contributed by atoms with Crippen molar-refractivity contribution in [1.82, 2.24) is 9.97 Å². The van der Waals surface area contributed by atoms with Crippen LogP contribution in [0.25, 0.3) is 22.6 Å². The van der Waals surface area contributed by atoms with Gasteiger partial charge in [0.05, 0.1) is 16.3 Å². The van der Waals surface area contributed by atoms with Crippen molar-refractivity contribution in [3.05, 3.63) is 70.6 Å². The maximum absolute atomic E-state index is 14.1. The highest BCUT2D eigenvalue weighted by atomic mass is 35.5. The van der Waals surface area contributed by atoms with Gasteiger partial charge in [0.15, 0.2) is 11.6 Å². The van der Waals surface area contributed by atoms with Gasteiger partial charge in [-0.1, -0.05) is 59.6 Å². The Bertz CT molecular complexity index is 792. The van der Waals surface area contributed by atoms with Crippen LogP contribution < -0.4 is 0 Å². The van der Waals surface area contributed by atoms with E-state index >= 15 is 0 Å². The molecule has 0 spiro atoms. The average molecular weight is 319 g/mol. The Balaban J connectivity index is 2.17. The lowest BCUT2D eigenvalue weighted by atomic mass is 10.1. The predicted molar refractivity (Wildman–Crippen MR) is 82.9 cm³/mol. The predicted octanol–water partition coefficient (Wildman–Crippen LogP) is 5.26. The minimum absolute atomic E-state index is 0.0253. The number of hydrogen-bond donors (Lipinski definition) is 0. The van der Waals surface area contributed by atoms with Crippen LogP contribution >= 0.6 is 23.2 Å². The first-order valence-electron chi connectivity index (χ1n) is 6.19. The second kappa shape index (κ2) is 5.80. The van der Waals surface area contributed by atoms with Gasteiger partial charge in [-0.25, -0.2) is 14.4 Å². The molecule has 1 aromatic heterocycles. The minimum Gasteiger partial charge on any atom is -0.228 e. The van der Waals surface area contributed by atoms with E-state index < -0.39 is 5.82 Å². The molecule has 3 aromatic rings. The van der Waals surface area contributed by atoms with Crippen molar-refractivity contribution in [2.75, 3.05) is 0 Å². The highest BCUT2D eigenvalue weighted by Crippen LogP contribution is 2.28. The van der Waals surface area contributed by atoms with Crippen LogP contribution in [-0.2, 0) is 0 Å². The highest BCUT2D eigenvalue weighted by molar-refractivity contribution is 6.31. The van der Waals surface area contributed by atoms with Gasteiger partial charge in [-0.2, -0.15) is 0 Å². The largest absolute Gasteiger partial charge is 0.228 e. The van der Waals surface area contributed by atoms with Gasteiger partial charge in [0, 0.05) is 11.6 Å². The maximum atomic E-state index is 14.1. The Labute approximate surface area is 131 Å². The monoisotopic (exact) mass is 318 g/mol. The van der Waals surface area contributed by atoms with Gasteiger partial charge >= 0.3 is 0 Å². The molecule has 0 aliphatic heterocycles. The summed E-state index contributed by atoms with van der Waals surface area (Å²) in [5, 5.41) is 0.274. The van der Waals surface area contributed by atoms with Crippen LogP contribution in [-0.4, -0.2) is 9.97 Å². The van der Waals surface area contributed by atoms with Crippen molar-refractivity contribution in [1.29, 1.82) is 0 Å². The number of rotatable bonds is 2. The number of aromatic nitrogens is 2. The van der Waals surface area contributed by atoms with Crippen LogP contribution in [0.15, 0.2) is 54.6 Å². The second-order valence-corrected chi connectivity index (χ2v) is 5.16. The Morgan fingerprint density at radius 3 is 2.38 bits per heavy atom. The van der Waals surface area contributed by atoms with E-state index in [0.717, 1.165) is 5.56 Å². The third kappa shape index (κ3) is 2.89. The molecule has 2 aromatic carbocycles. The molecule has 0 N–H and O–H groups in total. The summed E-state index contributed by atoms with van der Waals surface area (Å²) in [6.07, 6.45) is 0. The molecule has 0 saturated heterocycles. The summed E-state index contributed by atoms with van der Waals surface area (Å²) in [7, 11) is 0. The number of nitrogens with zero attached hydrogens (tertiary/aromatic N) is 2. The van der Waals surface area contributed by atoms with E-state index in [1.165, 1.54) is 6.07 Å². The van der Waals surface area contributed by atoms with E-state index in [1.807, 2.05) is 30.3 Å². The Morgan fingerprint density at radius 2 is 1.62 bits per heavy atom. The van der Waals surface area contributed by atoms with Crippen LogP contribution in [0.1, 0.15) is 0 Å². The van der Waals surface area contributed by atoms with Crippen molar-refractivity contribution in [3.8, 4) is 22.6 Å². The van der Waals surface area contributed by atoms with Crippen molar-refractivity contribution >= 4 is 23.2 Å². The van der Waals surface area contributed by atoms with E-state index in [9.17, 15) is 4.39 Å². The van der Waals surface area contributed by atoms with Gasteiger partial charge in [0.2, 0.25) is 0 Å². The third-order valence-corrected chi connectivity index (χ3v) is 3.44.